The number of ether oxygens (including phenoxy) is 1. The van der Waals surface area contributed by atoms with Crippen molar-refractivity contribution >= 4 is 11.9 Å². The molecule has 6 nitrogen and oxygen atoms in total. The Labute approximate surface area is 117 Å². The van der Waals surface area contributed by atoms with E-state index in [1.165, 1.54) is 6.20 Å². The lowest BCUT2D eigenvalue weighted by Crippen LogP contribution is -2.30. The van der Waals surface area contributed by atoms with E-state index < -0.39 is 11.9 Å². The minimum absolute atomic E-state index is 0.00493. The molecule has 1 aliphatic heterocycles. The van der Waals surface area contributed by atoms with Gasteiger partial charge in [-0.3, -0.25) is 14.6 Å². The summed E-state index contributed by atoms with van der Waals surface area (Å²) >= 11 is 0. The highest BCUT2D eigenvalue weighted by atomic mass is 16.5. The molecular weight excluding hydrogens is 260 g/mol. The zero-order chi connectivity index (χ0) is 14.7. The van der Waals surface area contributed by atoms with Gasteiger partial charge in [0.05, 0.1) is 23.8 Å². The minimum Gasteiger partial charge on any atom is -0.489 e. The molecule has 1 aromatic heterocycles. The lowest BCUT2D eigenvalue weighted by molar-refractivity contribution is -0.141. The van der Waals surface area contributed by atoms with E-state index in [2.05, 4.69) is 4.98 Å². The molecule has 0 bridgehead atoms. The molecule has 6 heteroatoms. The molecule has 20 heavy (non-hydrogen) atoms. The second-order valence-corrected chi connectivity index (χ2v) is 5.15. The van der Waals surface area contributed by atoms with Gasteiger partial charge in [0, 0.05) is 19.3 Å². The van der Waals surface area contributed by atoms with Gasteiger partial charge in [0.2, 0.25) is 0 Å². The topological polar surface area (TPSA) is 79.7 Å². The number of likely N-dealkylation sites (tertiary alicyclic amines) is 1. The zero-order valence-corrected chi connectivity index (χ0v) is 11.6. The monoisotopic (exact) mass is 278 g/mol. The fraction of sp³-hybridized carbons (Fsp3) is 0.500. The molecule has 108 valence electrons. The Balaban J connectivity index is 2.08. The normalized spacial score (nSPS) is 18.4. The Hall–Kier alpha value is -2.11. The smallest absolute Gasteiger partial charge is 0.308 e. The molecule has 1 aromatic rings. The second kappa shape index (κ2) is 5.90. The first kappa shape index (κ1) is 14.3. The van der Waals surface area contributed by atoms with Gasteiger partial charge in [0.25, 0.3) is 5.91 Å². The minimum atomic E-state index is -0.852. The van der Waals surface area contributed by atoms with E-state index in [0.29, 0.717) is 24.3 Å². The summed E-state index contributed by atoms with van der Waals surface area (Å²) in [6, 6.07) is 1.64. The van der Waals surface area contributed by atoms with Crippen molar-refractivity contribution in [1.29, 1.82) is 0 Å². The third kappa shape index (κ3) is 3.26. The maximum atomic E-state index is 12.3. The molecule has 0 radical (unpaired) electrons. The van der Waals surface area contributed by atoms with E-state index in [4.69, 9.17) is 9.84 Å². The fourth-order valence-corrected chi connectivity index (χ4v) is 2.20. The van der Waals surface area contributed by atoms with Crippen molar-refractivity contribution in [3.05, 3.63) is 24.0 Å². The number of aliphatic carboxylic acids is 1. The van der Waals surface area contributed by atoms with Crippen LogP contribution in [0.4, 0.5) is 0 Å². The van der Waals surface area contributed by atoms with Gasteiger partial charge in [-0.05, 0) is 26.3 Å². The van der Waals surface area contributed by atoms with E-state index >= 15 is 0 Å². The average Bonchev–Trinajstić information content (AvgIpc) is 2.87. The molecule has 0 saturated carbocycles. The number of amides is 1. The first-order valence-corrected chi connectivity index (χ1v) is 6.61. The number of aromatic nitrogens is 1. The average molecular weight is 278 g/mol. The largest absolute Gasteiger partial charge is 0.489 e. The molecule has 0 aromatic carbocycles. The quantitative estimate of drug-likeness (QED) is 0.901. The molecule has 1 fully saturated rings. The van der Waals surface area contributed by atoms with E-state index in [0.717, 1.165) is 0 Å². The predicted molar refractivity (Wildman–Crippen MR) is 71.6 cm³/mol. The van der Waals surface area contributed by atoms with Crippen LogP contribution in [-0.4, -0.2) is 46.1 Å². The van der Waals surface area contributed by atoms with Gasteiger partial charge in [0.1, 0.15) is 5.75 Å². The van der Waals surface area contributed by atoms with E-state index in [-0.39, 0.29) is 18.6 Å². The van der Waals surface area contributed by atoms with Crippen molar-refractivity contribution in [2.24, 2.45) is 5.92 Å². The first-order valence-electron chi connectivity index (χ1n) is 6.61. The van der Waals surface area contributed by atoms with Crippen molar-refractivity contribution in [3.8, 4) is 5.75 Å². The van der Waals surface area contributed by atoms with Crippen LogP contribution in [0.1, 0.15) is 30.6 Å². The van der Waals surface area contributed by atoms with Crippen molar-refractivity contribution in [2.75, 3.05) is 13.1 Å². The standard InChI is InChI=1S/C14H18N2O4/c1-9(2)20-12-5-11(6-15-7-12)13(17)16-4-3-10(8-16)14(18)19/h5-7,9-10H,3-4,8H2,1-2H3,(H,18,19). The number of rotatable bonds is 4. The van der Waals surface area contributed by atoms with E-state index in [1.54, 1.807) is 17.2 Å². The molecule has 0 aliphatic carbocycles. The van der Waals surface area contributed by atoms with Crippen molar-refractivity contribution in [1.82, 2.24) is 9.88 Å². The summed E-state index contributed by atoms with van der Waals surface area (Å²) in [5, 5.41) is 8.96. The summed E-state index contributed by atoms with van der Waals surface area (Å²) in [7, 11) is 0. The molecule has 2 rings (SSSR count). The van der Waals surface area contributed by atoms with Crippen LogP contribution in [0.5, 0.6) is 5.75 Å². The summed E-state index contributed by atoms with van der Waals surface area (Å²) in [5.41, 5.74) is 0.425. The Morgan fingerprint density at radius 3 is 2.80 bits per heavy atom. The maximum Gasteiger partial charge on any atom is 0.308 e. The number of carbonyl (C=O) groups is 2. The van der Waals surface area contributed by atoms with Crippen LogP contribution < -0.4 is 4.74 Å². The third-order valence-corrected chi connectivity index (χ3v) is 3.16. The molecule has 1 atom stereocenters. The maximum absolute atomic E-state index is 12.3. The molecule has 1 unspecified atom stereocenters. The molecular formula is C14H18N2O4. The number of nitrogens with zero attached hydrogens (tertiary/aromatic N) is 2. The number of carbonyl (C=O) groups excluding carboxylic acids is 1. The third-order valence-electron chi connectivity index (χ3n) is 3.16. The summed E-state index contributed by atoms with van der Waals surface area (Å²) in [5.74, 6) is -0.979. The summed E-state index contributed by atoms with van der Waals surface area (Å²) in [4.78, 5) is 28.7. The van der Waals surface area contributed by atoms with Crippen molar-refractivity contribution in [3.63, 3.8) is 0 Å². The Morgan fingerprint density at radius 1 is 1.45 bits per heavy atom. The number of hydrogen-bond donors (Lipinski definition) is 1. The van der Waals surface area contributed by atoms with Crippen LogP contribution in [0.15, 0.2) is 18.5 Å². The SMILES string of the molecule is CC(C)Oc1cncc(C(=O)N2CCC(C(=O)O)C2)c1. The van der Waals surface area contributed by atoms with Gasteiger partial charge < -0.3 is 14.7 Å². The number of carboxylic acids is 1. The molecule has 1 saturated heterocycles. The van der Waals surface area contributed by atoms with Crippen LogP contribution in [0.2, 0.25) is 0 Å². The second-order valence-electron chi connectivity index (χ2n) is 5.15. The number of hydrogen-bond acceptors (Lipinski definition) is 4. The van der Waals surface area contributed by atoms with Crippen LogP contribution in [0.25, 0.3) is 0 Å². The van der Waals surface area contributed by atoms with Gasteiger partial charge in [-0.25, -0.2) is 0 Å². The fourth-order valence-electron chi connectivity index (χ4n) is 2.20. The van der Waals surface area contributed by atoms with E-state index in [1.807, 2.05) is 13.8 Å². The Morgan fingerprint density at radius 2 is 2.20 bits per heavy atom. The van der Waals surface area contributed by atoms with Crippen LogP contribution in [0, 0.1) is 5.92 Å². The first-order chi connectivity index (χ1) is 9.47. The van der Waals surface area contributed by atoms with Crippen molar-refractivity contribution in [2.45, 2.75) is 26.4 Å². The lowest BCUT2D eigenvalue weighted by atomic mass is 10.1. The van der Waals surface area contributed by atoms with Crippen LogP contribution >= 0.6 is 0 Å². The van der Waals surface area contributed by atoms with E-state index in [9.17, 15) is 9.59 Å². The highest BCUT2D eigenvalue weighted by Crippen LogP contribution is 2.20. The summed E-state index contributed by atoms with van der Waals surface area (Å²) in [6.07, 6.45) is 3.53. The molecule has 1 amide bonds. The molecule has 1 N–H and O–H groups in total. The number of pyridine rings is 1. The molecule has 1 aliphatic rings. The van der Waals surface area contributed by atoms with Crippen LogP contribution in [0.3, 0.4) is 0 Å². The zero-order valence-electron chi connectivity index (χ0n) is 11.6. The van der Waals surface area contributed by atoms with Crippen molar-refractivity contribution < 1.29 is 19.4 Å². The van der Waals surface area contributed by atoms with Crippen LogP contribution in [-0.2, 0) is 4.79 Å². The summed E-state index contributed by atoms with van der Waals surface area (Å²) < 4.78 is 5.50. The lowest BCUT2D eigenvalue weighted by Gasteiger charge is -2.16. The Bertz CT molecular complexity index is 516. The highest BCUT2D eigenvalue weighted by molar-refractivity contribution is 5.94. The Kier molecular flexibility index (Phi) is 4.22. The number of carboxylic acid groups (broad SMARTS) is 1. The highest BCUT2D eigenvalue weighted by Gasteiger charge is 2.31. The van der Waals surface area contributed by atoms with Gasteiger partial charge in [-0.1, -0.05) is 0 Å². The molecule has 0 spiro atoms. The molecule has 2 heterocycles. The van der Waals surface area contributed by atoms with Gasteiger partial charge >= 0.3 is 5.97 Å². The van der Waals surface area contributed by atoms with Gasteiger partial charge in [-0.15, -0.1) is 0 Å². The van der Waals surface area contributed by atoms with Gasteiger partial charge in [0.15, 0.2) is 0 Å². The summed E-state index contributed by atoms with van der Waals surface area (Å²) in [6.45, 7) is 4.51. The predicted octanol–water partition coefficient (Wildman–Crippen LogP) is 1.42. The van der Waals surface area contributed by atoms with Gasteiger partial charge in [-0.2, -0.15) is 0 Å².